The third-order valence-electron chi connectivity index (χ3n) is 3.24. The van der Waals surface area contributed by atoms with Gasteiger partial charge in [0.05, 0.1) is 23.4 Å². The lowest BCUT2D eigenvalue weighted by Gasteiger charge is -2.05. The second kappa shape index (κ2) is 5.08. The van der Waals surface area contributed by atoms with E-state index in [1.165, 1.54) is 0 Å². The molecule has 0 amide bonds. The van der Waals surface area contributed by atoms with Gasteiger partial charge in [-0.15, -0.1) is 0 Å². The van der Waals surface area contributed by atoms with Gasteiger partial charge in [0.1, 0.15) is 0 Å². The summed E-state index contributed by atoms with van der Waals surface area (Å²) < 4.78 is 9.91. The smallest absolute Gasteiger partial charge is 0.408 e. The van der Waals surface area contributed by atoms with Crippen molar-refractivity contribution in [3.8, 4) is 0 Å². The van der Waals surface area contributed by atoms with E-state index in [9.17, 15) is 4.79 Å². The van der Waals surface area contributed by atoms with Crippen molar-refractivity contribution in [3.63, 3.8) is 0 Å². The molecule has 6 heteroatoms. The van der Waals surface area contributed by atoms with Crippen molar-refractivity contribution in [2.45, 2.75) is 26.9 Å². The van der Waals surface area contributed by atoms with Crippen LogP contribution in [0.1, 0.15) is 18.3 Å². The SMILES string of the molecule is CCn1nc(C)cc1Cn1c(=O)oc2cc(I)ccc21. The molecule has 0 N–H and O–H groups in total. The molecule has 0 saturated carbocycles. The van der Waals surface area contributed by atoms with E-state index < -0.39 is 0 Å². The fourth-order valence-electron chi connectivity index (χ4n) is 2.35. The van der Waals surface area contributed by atoms with Crippen LogP contribution in [-0.2, 0) is 13.1 Å². The maximum Gasteiger partial charge on any atom is 0.420 e. The van der Waals surface area contributed by atoms with Crippen LogP contribution in [0.25, 0.3) is 11.1 Å². The maximum absolute atomic E-state index is 12.0. The topological polar surface area (TPSA) is 53.0 Å². The summed E-state index contributed by atoms with van der Waals surface area (Å²) in [5, 5.41) is 4.40. The highest BCUT2D eigenvalue weighted by molar-refractivity contribution is 14.1. The lowest BCUT2D eigenvalue weighted by molar-refractivity contribution is 0.507. The molecular weight excluding hydrogens is 369 g/mol. The Morgan fingerprint density at radius 3 is 2.90 bits per heavy atom. The lowest BCUT2D eigenvalue weighted by Crippen LogP contribution is -2.17. The van der Waals surface area contributed by atoms with Gasteiger partial charge in [-0.2, -0.15) is 5.10 Å². The van der Waals surface area contributed by atoms with Crippen molar-refractivity contribution < 1.29 is 4.42 Å². The van der Waals surface area contributed by atoms with E-state index in [4.69, 9.17) is 4.42 Å². The molecule has 3 aromatic rings. The highest BCUT2D eigenvalue weighted by Gasteiger charge is 2.12. The minimum absolute atomic E-state index is 0.330. The number of hydrogen-bond donors (Lipinski definition) is 0. The van der Waals surface area contributed by atoms with Gasteiger partial charge in [-0.3, -0.25) is 9.25 Å². The molecule has 20 heavy (non-hydrogen) atoms. The Bertz CT molecular complexity index is 829. The zero-order chi connectivity index (χ0) is 14.3. The number of oxazole rings is 1. The van der Waals surface area contributed by atoms with Gasteiger partial charge in [0.15, 0.2) is 5.58 Å². The Balaban J connectivity index is 2.10. The molecule has 0 spiro atoms. The number of aryl methyl sites for hydroxylation is 2. The van der Waals surface area contributed by atoms with Crippen LogP contribution in [0.3, 0.4) is 0 Å². The molecule has 5 nitrogen and oxygen atoms in total. The molecule has 0 unspecified atom stereocenters. The second-order valence-corrected chi connectivity index (χ2v) is 5.90. The Labute approximate surface area is 129 Å². The Morgan fingerprint density at radius 1 is 1.35 bits per heavy atom. The van der Waals surface area contributed by atoms with Crippen LogP contribution < -0.4 is 5.76 Å². The number of fused-ring (bicyclic) bond motifs is 1. The van der Waals surface area contributed by atoms with Crippen LogP contribution in [0.4, 0.5) is 0 Å². The molecule has 1 aromatic carbocycles. The molecule has 0 bridgehead atoms. The van der Waals surface area contributed by atoms with E-state index in [1.54, 1.807) is 4.57 Å². The van der Waals surface area contributed by atoms with Crippen molar-refractivity contribution in [3.05, 3.63) is 49.8 Å². The number of aromatic nitrogens is 3. The normalized spacial score (nSPS) is 11.3. The summed E-state index contributed by atoms with van der Waals surface area (Å²) in [6.07, 6.45) is 0. The van der Waals surface area contributed by atoms with Crippen LogP contribution in [-0.4, -0.2) is 14.3 Å². The minimum Gasteiger partial charge on any atom is -0.408 e. The lowest BCUT2D eigenvalue weighted by atomic mass is 10.3. The highest BCUT2D eigenvalue weighted by Crippen LogP contribution is 2.17. The zero-order valence-electron chi connectivity index (χ0n) is 11.3. The number of hydrogen-bond acceptors (Lipinski definition) is 3. The average molecular weight is 383 g/mol. The molecule has 0 aliphatic carbocycles. The van der Waals surface area contributed by atoms with Crippen LogP contribution in [0.5, 0.6) is 0 Å². The summed E-state index contributed by atoms with van der Waals surface area (Å²) in [4.78, 5) is 12.0. The van der Waals surface area contributed by atoms with Gasteiger partial charge in [0.2, 0.25) is 0 Å². The predicted molar refractivity (Wildman–Crippen MR) is 84.9 cm³/mol. The van der Waals surface area contributed by atoms with Gasteiger partial charge in [-0.05, 0) is 60.7 Å². The van der Waals surface area contributed by atoms with Crippen molar-refractivity contribution in [1.82, 2.24) is 14.3 Å². The average Bonchev–Trinajstić information content (AvgIpc) is 2.90. The molecular formula is C14H14IN3O2. The van der Waals surface area contributed by atoms with E-state index in [0.29, 0.717) is 12.1 Å². The van der Waals surface area contributed by atoms with Gasteiger partial charge in [-0.25, -0.2) is 4.79 Å². The number of nitrogens with zero attached hydrogens (tertiary/aromatic N) is 3. The molecule has 0 aliphatic heterocycles. The summed E-state index contributed by atoms with van der Waals surface area (Å²) >= 11 is 2.20. The van der Waals surface area contributed by atoms with Gasteiger partial charge in [-0.1, -0.05) is 0 Å². The van der Waals surface area contributed by atoms with E-state index in [1.807, 2.05) is 42.8 Å². The van der Waals surface area contributed by atoms with E-state index in [-0.39, 0.29) is 5.76 Å². The Kier molecular flexibility index (Phi) is 3.41. The first kappa shape index (κ1) is 13.4. The molecule has 0 aliphatic rings. The Hall–Kier alpha value is -1.57. The quantitative estimate of drug-likeness (QED) is 0.654. The number of halogens is 1. The van der Waals surface area contributed by atoms with Gasteiger partial charge in [0, 0.05) is 10.1 Å². The van der Waals surface area contributed by atoms with Crippen molar-refractivity contribution in [2.75, 3.05) is 0 Å². The van der Waals surface area contributed by atoms with E-state index in [2.05, 4.69) is 27.7 Å². The molecule has 2 heterocycles. The summed E-state index contributed by atoms with van der Waals surface area (Å²) in [6.45, 7) is 5.25. The third kappa shape index (κ3) is 2.28. The highest BCUT2D eigenvalue weighted by atomic mass is 127. The van der Waals surface area contributed by atoms with Gasteiger partial charge >= 0.3 is 5.76 Å². The Morgan fingerprint density at radius 2 is 2.15 bits per heavy atom. The zero-order valence-corrected chi connectivity index (χ0v) is 13.4. The molecule has 0 saturated heterocycles. The van der Waals surface area contributed by atoms with E-state index >= 15 is 0 Å². The second-order valence-electron chi connectivity index (χ2n) is 4.66. The molecule has 2 aromatic heterocycles. The minimum atomic E-state index is -0.330. The maximum atomic E-state index is 12.0. The van der Waals surface area contributed by atoms with Crippen LogP contribution in [0.15, 0.2) is 33.5 Å². The summed E-state index contributed by atoms with van der Waals surface area (Å²) in [6, 6.07) is 7.76. The first-order valence-electron chi connectivity index (χ1n) is 6.40. The summed E-state index contributed by atoms with van der Waals surface area (Å²) in [7, 11) is 0. The first-order chi connectivity index (χ1) is 9.58. The molecule has 3 rings (SSSR count). The van der Waals surface area contributed by atoms with E-state index in [0.717, 1.165) is 27.0 Å². The monoisotopic (exact) mass is 383 g/mol. The van der Waals surface area contributed by atoms with Crippen molar-refractivity contribution in [1.29, 1.82) is 0 Å². The molecule has 0 atom stereocenters. The summed E-state index contributed by atoms with van der Waals surface area (Å²) in [5.41, 5.74) is 3.41. The predicted octanol–water partition coefficient (Wildman–Crippen LogP) is 2.77. The summed E-state index contributed by atoms with van der Waals surface area (Å²) in [5.74, 6) is -0.330. The fourth-order valence-corrected chi connectivity index (χ4v) is 2.81. The van der Waals surface area contributed by atoms with Gasteiger partial charge < -0.3 is 4.42 Å². The van der Waals surface area contributed by atoms with Gasteiger partial charge in [0.25, 0.3) is 0 Å². The largest absolute Gasteiger partial charge is 0.420 e. The molecule has 104 valence electrons. The third-order valence-corrected chi connectivity index (χ3v) is 3.91. The molecule has 0 radical (unpaired) electrons. The number of rotatable bonds is 3. The van der Waals surface area contributed by atoms with Crippen LogP contribution in [0, 0.1) is 10.5 Å². The fraction of sp³-hybridized carbons (Fsp3) is 0.286. The van der Waals surface area contributed by atoms with Crippen molar-refractivity contribution >= 4 is 33.7 Å². The molecule has 0 fully saturated rings. The number of benzene rings is 1. The standard InChI is InChI=1S/C14H14IN3O2/c1-3-18-11(6-9(2)16-18)8-17-12-5-4-10(15)7-13(12)20-14(17)19/h4-7H,3,8H2,1-2H3. The van der Waals surface area contributed by atoms with Crippen molar-refractivity contribution in [2.24, 2.45) is 0 Å². The first-order valence-corrected chi connectivity index (χ1v) is 7.48. The van der Waals surface area contributed by atoms with Crippen LogP contribution in [0.2, 0.25) is 0 Å². The van der Waals surface area contributed by atoms with Crippen LogP contribution >= 0.6 is 22.6 Å².